The van der Waals surface area contributed by atoms with Crippen LogP contribution in [0.1, 0.15) is 38.2 Å². The van der Waals surface area contributed by atoms with Gasteiger partial charge in [0.1, 0.15) is 5.75 Å². The summed E-state index contributed by atoms with van der Waals surface area (Å²) in [6.07, 6.45) is 2.01. The number of hydrogen-bond acceptors (Lipinski definition) is 3. The number of nitrogens with one attached hydrogen (secondary N) is 1. The van der Waals surface area contributed by atoms with Crippen LogP contribution in [0.2, 0.25) is 0 Å². The van der Waals surface area contributed by atoms with Crippen LogP contribution in [0.15, 0.2) is 54.6 Å². The van der Waals surface area contributed by atoms with Gasteiger partial charge in [-0.2, -0.15) is 0 Å². The van der Waals surface area contributed by atoms with Crippen molar-refractivity contribution >= 4 is 11.6 Å². The summed E-state index contributed by atoms with van der Waals surface area (Å²) >= 11 is 0. The molecule has 1 heterocycles. The van der Waals surface area contributed by atoms with E-state index in [1.165, 1.54) is 5.56 Å². The van der Waals surface area contributed by atoms with Crippen LogP contribution in [0.5, 0.6) is 5.75 Å². The highest BCUT2D eigenvalue weighted by atomic mass is 16.5. The average Bonchev–Trinajstić information content (AvgIpc) is 3.15. The number of anilines is 1. The molecule has 0 aliphatic carbocycles. The number of ether oxygens (including phenoxy) is 1. The summed E-state index contributed by atoms with van der Waals surface area (Å²) in [4.78, 5) is 14.4. The Balaban J connectivity index is 1.52. The van der Waals surface area contributed by atoms with E-state index in [2.05, 4.69) is 37.4 Å². The van der Waals surface area contributed by atoms with Crippen molar-refractivity contribution in [1.82, 2.24) is 4.90 Å². The fraction of sp³-hybridized carbons (Fsp3) is 0.409. The molecule has 138 valence electrons. The van der Waals surface area contributed by atoms with Gasteiger partial charge in [0.15, 0.2) is 6.61 Å². The van der Waals surface area contributed by atoms with Gasteiger partial charge in [-0.15, -0.1) is 0 Å². The first-order valence-electron chi connectivity index (χ1n) is 9.48. The second-order valence-corrected chi connectivity index (χ2v) is 6.97. The summed E-state index contributed by atoms with van der Waals surface area (Å²) < 4.78 is 5.88. The van der Waals surface area contributed by atoms with Crippen molar-refractivity contribution in [1.29, 1.82) is 0 Å². The number of rotatable bonds is 7. The molecule has 0 saturated carbocycles. The number of para-hydroxylation sites is 2. The maximum Gasteiger partial charge on any atom is 0.260 e. The summed E-state index contributed by atoms with van der Waals surface area (Å²) in [6.45, 7) is 5.95. The SMILES string of the molecule is CCC(C)c1ccccc1OCC(=O)N1CCC(Nc2ccccc2)C1. The van der Waals surface area contributed by atoms with Crippen LogP contribution < -0.4 is 10.1 Å². The number of carbonyl (C=O) groups is 1. The molecule has 2 unspecified atom stereocenters. The first-order valence-corrected chi connectivity index (χ1v) is 9.48. The summed E-state index contributed by atoms with van der Waals surface area (Å²) in [5.74, 6) is 1.31. The molecule has 3 rings (SSSR count). The predicted octanol–water partition coefficient (Wildman–Crippen LogP) is 4.29. The second-order valence-electron chi connectivity index (χ2n) is 6.97. The molecule has 4 nitrogen and oxygen atoms in total. The summed E-state index contributed by atoms with van der Waals surface area (Å²) in [5, 5.41) is 3.50. The van der Waals surface area contributed by atoms with Gasteiger partial charge in [0.25, 0.3) is 5.91 Å². The van der Waals surface area contributed by atoms with Crippen molar-refractivity contribution in [3.8, 4) is 5.75 Å². The Hall–Kier alpha value is -2.49. The van der Waals surface area contributed by atoms with Gasteiger partial charge in [-0.25, -0.2) is 0 Å². The predicted molar refractivity (Wildman–Crippen MR) is 106 cm³/mol. The van der Waals surface area contributed by atoms with Gasteiger partial charge in [0.2, 0.25) is 0 Å². The van der Waals surface area contributed by atoms with Crippen LogP contribution in [-0.4, -0.2) is 36.5 Å². The van der Waals surface area contributed by atoms with Gasteiger partial charge in [-0.05, 0) is 42.5 Å². The van der Waals surface area contributed by atoms with Crippen LogP contribution in [-0.2, 0) is 4.79 Å². The van der Waals surface area contributed by atoms with E-state index in [9.17, 15) is 4.79 Å². The molecule has 4 heteroatoms. The first kappa shape index (κ1) is 18.3. The van der Waals surface area contributed by atoms with E-state index < -0.39 is 0 Å². The van der Waals surface area contributed by atoms with Crippen molar-refractivity contribution < 1.29 is 9.53 Å². The van der Waals surface area contributed by atoms with E-state index in [1.54, 1.807) is 0 Å². The Labute approximate surface area is 156 Å². The molecule has 1 fully saturated rings. The molecule has 2 aromatic carbocycles. The van der Waals surface area contributed by atoms with E-state index in [0.717, 1.165) is 37.4 Å². The lowest BCUT2D eigenvalue weighted by molar-refractivity contribution is -0.132. The molecule has 2 aromatic rings. The van der Waals surface area contributed by atoms with E-state index in [0.29, 0.717) is 12.0 Å². The zero-order chi connectivity index (χ0) is 18.4. The molecule has 26 heavy (non-hydrogen) atoms. The highest BCUT2D eigenvalue weighted by molar-refractivity contribution is 5.78. The molecule has 0 radical (unpaired) electrons. The lowest BCUT2D eigenvalue weighted by Gasteiger charge is -2.19. The summed E-state index contributed by atoms with van der Waals surface area (Å²) in [7, 11) is 0. The van der Waals surface area contributed by atoms with Crippen molar-refractivity contribution in [2.75, 3.05) is 25.0 Å². The van der Waals surface area contributed by atoms with Crippen LogP contribution in [0.3, 0.4) is 0 Å². The third-order valence-electron chi connectivity index (χ3n) is 5.10. The third kappa shape index (κ3) is 4.57. The maximum atomic E-state index is 12.5. The largest absolute Gasteiger partial charge is 0.483 e. The molecule has 1 N–H and O–H groups in total. The van der Waals surface area contributed by atoms with Gasteiger partial charge in [-0.3, -0.25) is 4.79 Å². The topological polar surface area (TPSA) is 41.6 Å². The van der Waals surface area contributed by atoms with Crippen molar-refractivity contribution in [3.05, 3.63) is 60.2 Å². The van der Waals surface area contributed by atoms with E-state index in [4.69, 9.17) is 4.74 Å². The number of amides is 1. The van der Waals surface area contributed by atoms with Crippen LogP contribution in [0.25, 0.3) is 0 Å². The monoisotopic (exact) mass is 352 g/mol. The van der Waals surface area contributed by atoms with Crippen LogP contribution in [0.4, 0.5) is 5.69 Å². The standard InChI is InChI=1S/C22H28N2O2/c1-3-17(2)20-11-7-8-12-21(20)26-16-22(25)24-14-13-19(15-24)23-18-9-5-4-6-10-18/h4-12,17,19,23H,3,13-16H2,1-2H3. The highest BCUT2D eigenvalue weighted by Crippen LogP contribution is 2.28. The minimum atomic E-state index is 0.0568. The Bertz CT molecular complexity index is 717. The van der Waals surface area contributed by atoms with Crippen LogP contribution in [0, 0.1) is 0 Å². The smallest absolute Gasteiger partial charge is 0.260 e. The normalized spacial score (nSPS) is 17.8. The molecule has 2 atom stereocenters. The Kier molecular flexibility index (Phi) is 6.16. The fourth-order valence-electron chi connectivity index (χ4n) is 3.34. The number of benzene rings is 2. The fourth-order valence-corrected chi connectivity index (χ4v) is 3.34. The minimum absolute atomic E-state index is 0.0568. The molecule has 0 spiro atoms. The number of carbonyl (C=O) groups excluding carboxylic acids is 1. The molecular weight excluding hydrogens is 324 g/mol. The first-order chi connectivity index (χ1) is 12.7. The van der Waals surface area contributed by atoms with Gasteiger partial charge >= 0.3 is 0 Å². The van der Waals surface area contributed by atoms with Gasteiger partial charge in [0, 0.05) is 24.8 Å². The number of likely N-dealkylation sites (tertiary alicyclic amines) is 1. The maximum absolute atomic E-state index is 12.5. The number of nitrogens with zero attached hydrogens (tertiary/aromatic N) is 1. The molecule has 1 amide bonds. The molecule has 1 aliphatic rings. The third-order valence-corrected chi connectivity index (χ3v) is 5.10. The van der Waals surface area contributed by atoms with Crippen molar-refractivity contribution in [2.45, 2.75) is 38.6 Å². The molecule has 1 aliphatic heterocycles. The average molecular weight is 352 g/mol. The van der Waals surface area contributed by atoms with Crippen LogP contribution >= 0.6 is 0 Å². The van der Waals surface area contributed by atoms with Gasteiger partial charge < -0.3 is 15.0 Å². The molecule has 0 bridgehead atoms. The second kappa shape index (κ2) is 8.75. The lowest BCUT2D eigenvalue weighted by Crippen LogP contribution is -2.35. The van der Waals surface area contributed by atoms with E-state index >= 15 is 0 Å². The Morgan fingerprint density at radius 3 is 2.69 bits per heavy atom. The Morgan fingerprint density at radius 2 is 1.92 bits per heavy atom. The molecular formula is C22H28N2O2. The van der Waals surface area contributed by atoms with Gasteiger partial charge in [-0.1, -0.05) is 50.2 Å². The zero-order valence-electron chi connectivity index (χ0n) is 15.7. The van der Waals surface area contributed by atoms with E-state index in [1.807, 2.05) is 41.3 Å². The Morgan fingerprint density at radius 1 is 1.19 bits per heavy atom. The van der Waals surface area contributed by atoms with Crippen molar-refractivity contribution in [2.24, 2.45) is 0 Å². The molecule has 1 saturated heterocycles. The summed E-state index contributed by atoms with van der Waals surface area (Å²) in [6, 6.07) is 18.5. The number of hydrogen-bond donors (Lipinski definition) is 1. The lowest BCUT2D eigenvalue weighted by atomic mass is 9.98. The van der Waals surface area contributed by atoms with E-state index in [-0.39, 0.29) is 12.5 Å². The zero-order valence-corrected chi connectivity index (χ0v) is 15.7. The van der Waals surface area contributed by atoms with Crippen molar-refractivity contribution in [3.63, 3.8) is 0 Å². The van der Waals surface area contributed by atoms with Gasteiger partial charge in [0.05, 0.1) is 0 Å². The minimum Gasteiger partial charge on any atom is -0.483 e. The summed E-state index contributed by atoms with van der Waals surface area (Å²) in [5.41, 5.74) is 2.28. The molecule has 0 aromatic heterocycles. The quantitative estimate of drug-likeness (QED) is 0.808. The highest BCUT2D eigenvalue weighted by Gasteiger charge is 2.26.